The Labute approximate surface area is 97.6 Å². The number of carboxylic acids is 1. The second-order valence-electron chi connectivity index (χ2n) is 3.25. The molecule has 1 rings (SSSR count). The van der Waals surface area contributed by atoms with Gasteiger partial charge in [0.2, 0.25) is 0 Å². The van der Waals surface area contributed by atoms with Gasteiger partial charge in [-0.3, -0.25) is 0 Å². The van der Waals surface area contributed by atoms with Crippen LogP contribution in [-0.2, 0) is 4.79 Å². The van der Waals surface area contributed by atoms with E-state index >= 15 is 0 Å². The van der Waals surface area contributed by atoms with E-state index < -0.39 is 12.0 Å². The van der Waals surface area contributed by atoms with Gasteiger partial charge in [-0.25, -0.2) is 9.59 Å². The third-order valence-corrected chi connectivity index (χ3v) is 1.91. The highest BCUT2D eigenvalue weighted by Crippen LogP contribution is 2.20. The van der Waals surface area contributed by atoms with Gasteiger partial charge in [-0.05, 0) is 19.1 Å². The average molecular weight is 236 g/mol. The molecule has 17 heavy (non-hydrogen) atoms. The molecule has 0 aromatic heterocycles. The van der Waals surface area contributed by atoms with Crippen molar-refractivity contribution in [1.82, 2.24) is 5.32 Å². The predicted octanol–water partition coefficient (Wildman–Crippen LogP) is 1.50. The van der Waals surface area contributed by atoms with Crippen LogP contribution < -0.4 is 10.6 Å². The number of anilines is 1. The Balaban J connectivity index is 2.60. The van der Waals surface area contributed by atoms with Gasteiger partial charge < -0.3 is 20.8 Å². The van der Waals surface area contributed by atoms with Crippen LogP contribution in [0.5, 0.6) is 5.75 Å². The second kappa shape index (κ2) is 5.55. The highest BCUT2D eigenvalue weighted by Gasteiger charge is 2.05. The second-order valence-corrected chi connectivity index (χ2v) is 3.25. The lowest BCUT2D eigenvalue weighted by Gasteiger charge is -2.06. The zero-order valence-electron chi connectivity index (χ0n) is 9.10. The summed E-state index contributed by atoms with van der Waals surface area (Å²) >= 11 is 0. The van der Waals surface area contributed by atoms with Crippen LogP contribution in [0, 0.1) is 0 Å². The maximum Gasteiger partial charge on any atom is 0.332 e. The van der Waals surface area contributed by atoms with E-state index in [9.17, 15) is 14.7 Å². The Morgan fingerprint density at radius 2 is 1.94 bits per heavy atom. The molecule has 0 fully saturated rings. The highest BCUT2D eigenvalue weighted by molar-refractivity contribution is 5.92. The Morgan fingerprint density at radius 1 is 1.29 bits per heavy atom. The molecule has 6 nitrogen and oxygen atoms in total. The molecule has 2 amide bonds. The molecule has 0 atom stereocenters. The number of amides is 2. The van der Waals surface area contributed by atoms with Crippen molar-refractivity contribution < 1.29 is 19.8 Å². The zero-order chi connectivity index (χ0) is 12.8. The van der Waals surface area contributed by atoms with Crippen LogP contribution in [0.4, 0.5) is 10.5 Å². The monoisotopic (exact) mass is 236 g/mol. The summed E-state index contributed by atoms with van der Waals surface area (Å²) in [7, 11) is 0. The third kappa shape index (κ3) is 3.86. The first-order valence-corrected chi connectivity index (χ1v) is 4.76. The van der Waals surface area contributed by atoms with E-state index in [1.54, 1.807) is 12.1 Å². The van der Waals surface area contributed by atoms with E-state index in [-0.39, 0.29) is 17.0 Å². The van der Waals surface area contributed by atoms with Gasteiger partial charge in [0.15, 0.2) is 0 Å². The zero-order valence-corrected chi connectivity index (χ0v) is 9.10. The van der Waals surface area contributed by atoms with Gasteiger partial charge in [0.05, 0.1) is 11.3 Å². The quantitative estimate of drug-likeness (QED) is 0.472. The third-order valence-electron chi connectivity index (χ3n) is 1.91. The van der Waals surface area contributed by atoms with E-state index in [2.05, 4.69) is 10.6 Å². The molecule has 0 heterocycles. The normalized spacial score (nSPS) is 10.8. The molecule has 1 aromatic carbocycles. The van der Waals surface area contributed by atoms with Gasteiger partial charge in [-0.2, -0.15) is 0 Å². The molecule has 0 aliphatic heterocycles. The molecule has 0 saturated heterocycles. The summed E-state index contributed by atoms with van der Waals surface area (Å²) in [5.41, 5.74) is 0.240. The molecular formula is C11H12N2O4. The van der Waals surface area contributed by atoms with Crippen molar-refractivity contribution in [2.24, 2.45) is 0 Å². The van der Waals surface area contributed by atoms with Crippen LogP contribution in [0.25, 0.3) is 0 Å². The number of carboxylic acid groups (broad SMARTS) is 1. The molecular weight excluding hydrogens is 224 g/mol. The first-order valence-electron chi connectivity index (χ1n) is 4.76. The number of carbonyl (C=O) groups excluding carboxylic acids is 1. The summed E-state index contributed by atoms with van der Waals surface area (Å²) in [6, 6.07) is 5.57. The van der Waals surface area contributed by atoms with Crippen LogP contribution >= 0.6 is 0 Å². The molecule has 1 aromatic rings. The molecule has 0 bridgehead atoms. The van der Waals surface area contributed by atoms with Crippen molar-refractivity contribution in [3.8, 4) is 5.75 Å². The summed E-state index contributed by atoms with van der Waals surface area (Å²) in [5, 5.41) is 22.5. The number of benzene rings is 1. The van der Waals surface area contributed by atoms with Gasteiger partial charge in [-0.1, -0.05) is 12.1 Å². The molecule has 6 heteroatoms. The topological polar surface area (TPSA) is 98.7 Å². The van der Waals surface area contributed by atoms with Crippen molar-refractivity contribution in [3.63, 3.8) is 0 Å². The Bertz CT molecular complexity index is 468. The number of carbonyl (C=O) groups is 2. The number of para-hydroxylation sites is 2. The van der Waals surface area contributed by atoms with Crippen molar-refractivity contribution in [2.45, 2.75) is 6.92 Å². The van der Waals surface area contributed by atoms with Crippen LogP contribution in [0.2, 0.25) is 0 Å². The molecule has 0 saturated carbocycles. The minimum atomic E-state index is -1.12. The molecule has 90 valence electrons. The van der Waals surface area contributed by atoms with E-state index in [1.165, 1.54) is 19.1 Å². The van der Waals surface area contributed by atoms with E-state index in [0.717, 1.165) is 6.20 Å². The van der Waals surface area contributed by atoms with Gasteiger partial charge in [0.25, 0.3) is 0 Å². The van der Waals surface area contributed by atoms with Crippen molar-refractivity contribution in [2.75, 3.05) is 5.32 Å². The number of nitrogens with one attached hydrogen (secondary N) is 2. The smallest absolute Gasteiger partial charge is 0.332 e. The highest BCUT2D eigenvalue weighted by atomic mass is 16.4. The number of phenolic OH excluding ortho intramolecular Hbond substituents is 1. The number of urea groups is 1. The lowest BCUT2D eigenvalue weighted by Crippen LogP contribution is -2.24. The molecule has 4 N–H and O–H groups in total. The molecule has 0 aliphatic rings. The van der Waals surface area contributed by atoms with Crippen LogP contribution in [-0.4, -0.2) is 22.2 Å². The van der Waals surface area contributed by atoms with Gasteiger partial charge in [-0.15, -0.1) is 0 Å². The van der Waals surface area contributed by atoms with Crippen LogP contribution in [0.1, 0.15) is 6.92 Å². The van der Waals surface area contributed by atoms with Gasteiger partial charge in [0, 0.05) is 6.20 Å². The molecule has 0 unspecified atom stereocenters. The van der Waals surface area contributed by atoms with E-state index in [4.69, 9.17) is 5.11 Å². The van der Waals surface area contributed by atoms with Gasteiger partial charge >= 0.3 is 12.0 Å². The summed E-state index contributed by atoms with van der Waals surface area (Å²) < 4.78 is 0. The Hall–Kier alpha value is -2.50. The Kier molecular flexibility index (Phi) is 4.10. The summed E-state index contributed by atoms with van der Waals surface area (Å²) in [4.78, 5) is 21.8. The number of phenols is 1. The molecule has 0 aliphatic carbocycles. The first kappa shape index (κ1) is 12.6. The first-order chi connectivity index (χ1) is 8.00. The summed E-state index contributed by atoms with van der Waals surface area (Å²) in [6.07, 6.45) is 1.07. The van der Waals surface area contributed by atoms with Gasteiger partial charge in [0.1, 0.15) is 5.75 Å². The van der Waals surface area contributed by atoms with Crippen LogP contribution in [0.3, 0.4) is 0 Å². The van der Waals surface area contributed by atoms with E-state index in [1.807, 2.05) is 0 Å². The maximum atomic E-state index is 11.3. The fourth-order valence-electron chi connectivity index (χ4n) is 0.973. The number of aromatic hydroxyl groups is 1. The lowest BCUT2D eigenvalue weighted by molar-refractivity contribution is -0.132. The maximum absolute atomic E-state index is 11.3. The Morgan fingerprint density at radius 3 is 2.53 bits per heavy atom. The van der Waals surface area contributed by atoms with Crippen molar-refractivity contribution in [1.29, 1.82) is 0 Å². The summed E-state index contributed by atoms with van der Waals surface area (Å²) in [5.74, 6) is -1.19. The molecule has 0 radical (unpaired) electrons. The minimum Gasteiger partial charge on any atom is -0.506 e. The van der Waals surface area contributed by atoms with Crippen molar-refractivity contribution in [3.05, 3.63) is 36.0 Å². The SMILES string of the molecule is CC(=CNC(=O)Nc1ccccc1O)C(=O)O. The largest absolute Gasteiger partial charge is 0.506 e. The standard InChI is InChI=1S/C11H12N2O4/c1-7(10(15)16)6-12-11(17)13-8-4-2-3-5-9(8)14/h2-6,14H,1H3,(H,15,16)(H2,12,13,17). The summed E-state index contributed by atoms with van der Waals surface area (Å²) in [6.45, 7) is 1.35. The fourth-order valence-corrected chi connectivity index (χ4v) is 0.973. The fraction of sp³-hybridized carbons (Fsp3) is 0.0909. The van der Waals surface area contributed by atoms with Crippen LogP contribution in [0.15, 0.2) is 36.0 Å². The number of rotatable bonds is 3. The number of aliphatic carboxylic acids is 1. The number of hydrogen-bond acceptors (Lipinski definition) is 3. The minimum absolute atomic E-state index is 0.00238. The predicted molar refractivity (Wildman–Crippen MR) is 61.7 cm³/mol. The van der Waals surface area contributed by atoms with Crippen molar-refractivity contribution >= 4 is 17.7 Å². The molecule has 0 spiro atoms. The van der Waals surface area contributed by atoms with E-state index in [0.29, 0.717) is 0 Å². The number of hydrogen-bond donors (Lipinski definition) is 4. The lowest BCUT2D eigenvalue weighted by atomic mass is 10.3. The average Bonchev–Trinajstić information content (AvgIpc) is 2.29.